The molecule has 0 atom stereocenters. The van der Waals surface area contributed by atoms with E-state index >= 15 is 0 Å². The number of nitriles is 1. The molecule has 8 aromatic carbocycles. The third kappa shape index (κ3) is 4.29. The van der Waals surface area contributed by atoms with E-state index in [1.165, 1.54) is 69.4 Å². The first-order chi connectivity index (χ1) is 25.7. The maximum absolute atomic E-state index is 10.1. The average molecular weight is 677 g/mol. The van der Waals surface area contributed by atoms with Crippen molar-refractivity contribution in [1.29, 1.82) is 5.26 Å². The van der Waals surface area contributed by atoms with Gasteiger partial charge in [-0.15, -0.1) is 11.3 Å². The normalized spacial score (nSPS) is 11.8. The summed E-state index contributed by atoms with van der Waals surface area (Å²) in [5, 5.41) is 17.8. The summed E-state index contributed by atoms with van der Waals surface area (Å²) in [4.78, 5) is 0. The van der Waals surface area contributed by atoms with Crippen molar-refractivity contribution in [3.8, 4) is 50.6 Å². The molecule has 0 amide bonds. The van der Waals surface area contributed by atoms with Crippen molar-refractivity contribution < 1.29 is 0 Å². The molecule has 2 nitrogen and oxygen atoms in total. The number of rotatable bonds is 4. The van der Waals surface area contributed by atoms with Crippen molar-refractivity contribution in [2.24, 2.45) is 0 Å². The highest BCUT2D eigenvalue weighted by atomic mass is 32.1. The fourth-order valence-electron chi connectivity index (χ4n) is 8.36. The Morgan fingerprint density at radius 1 is 0.404 bits per heavy atom. The van der Waals surface area contributed by atoms with Gasteiger partial charge in [0.2, 0.25) is 0 Å². The number of benzene rings is 8. The Morgan fingerprint density at radius 3 is 1.56 bits per heavy atom. The Bertz CT molecular complexity index is 3180. The molecule has 52 heavy (non-hydrogen) atoms. The molecule has 11 rings (SSSR count). The highest BCUT2D eigenvalue weighted by Gasteiger charge is 2.19. The molecule has 0 aliphatic heterocycles. The molecule has 3 aromatic heterocycles. The number of para-hydroxylation sites is 2. The first-order valence-electron chi connectivity index (χ1n) is 17.6. The van der Waals surface area contributed by atoms with Gasteiger partial charge in [-0.05, 0) is 105 Å². The van der Waals surface area contributed by atoms with Gasteiger partial charge in [0.05, 0.1) is 28.2 Å². The van der Waals surface area contributed by atoms with Gasteiger partial charge in [0, 0.05) is 41.7 Å². The molecule has 11 aromatic rings. The van der Waals surface area contributed by atoms with E-state index in [9.17, 15) is 5.26 Å². The standard InChI is InChI=1S/C49H28N2S/c50-29-30-22-35(26-37(23-30)38-17-9-18-42-41-16-3-6-21-47(41)52-49(38)42)33-12-7-10-31(24-33)32-11-8-13-34(25-32)36-27-43-39-14-1-4-19-45(39)51-46-20-5-2-15-40(46)44(28-36)48(43)51/h1-28H. The lowest BCUT2D eigenvalue weighted by atomic mass is 9.93. The van der Waals surface area contributed by atoms with Crippen molar-refractivity contribution >= 4 is 69.6 Å². The SMILES string of the molecule is N#Cc1cc(-c2cccc(-c3cccc(-c4cc5c6ccccc6n6c7ccccc7c(c4)c56)c3)c2)cc(-c2cccc3c2sc2ccccc23)c1. The predicted octanol–water partition coefficient (Wildman–Crippen LogP) is 13.7. The quantitative estimate of drug-likeness (QED) is 0.182. The number of thiophene rings is 1. The van der Waals surface area contributed by atoms with Crippen molar-refractivity contribution in [3.63, 3.8) is 0 Å². The minimum Gasteiger partial charge on any atom is -0.308 e. The van der Waals surface area contributed by atoms with Crippen LogP contribution in [-0.2, 0) is 0 Å². The zero-order valence-electron chi connectivity index (χ0n) is 28.0. The lowest BCUT2D eigenvalue weighted by Crippen LogP contribution is -1.87. The van der Waals surface area contributed by atoms with Crippen molar-refractivity contribution in [3.05, 3.63) is 175 Å². The molecule has 0 spiro atoms. The van der Waals surface area contributed by atoms with E-state index in [4.69, 9.17) is 0 Å². The Hall–Kier alpha value is -6.73. The van der Waals surface area contributed by atoms with Gasteiger partial charge in [0.25, 0.3) is 0 Å². The van der Waals surface area contributed by atoms with Gasteiger partial charge < -0.3 is 4.40 Å². The fourth-order valence-corrected chi connectivity index (χ4v) is 9.60. The molecule has 0 saturated heterocycles. The molecule has 240 valence electrons. The Morgan fingerprint density at radius 2 is 0.904 bits per heavy atom. The van der Waals surface area contributed by atoms with Gasteiger partial charge in [-0.3, -0.25) is 0 Å². The van der Waals surface area contributed by atoms with E-state index in [-0.39, 0.29) is 0 Å². The van der Waals surface area contributed by atoms with Crippen molar-refractivity contribution in [1.82, 2.24) is 4.40 Å². The van der Waals surface area contributed by atoms with E-state index in [0.29, 0.717) is 5.56 Å². The molecule has 0 N–H and O–H groups in total. The molecular formula is C49H28N2S. The van der Waals surface area contributed by atoms with Crippen LogP contribution in [-0.4, -0.2) is 4.40 Å². The van der Waals surface area contributed by atoms with Crippen LogP contribution in [0.5, 0.6) is 0 Å². The maximum atomic E-state index is 10.1. The topological polar surface area (TPSA) is 28.2 Å². The number of nitrogens with zero attached hydrogens (tertiary/aromatic N) is 2. The Kier molecular flexibility index (Phi) is 6.22. The summed E-state index contributed by atoms with van der Waals surface area (Å²) in [6.45, 7) is 0. The van der Waals surface area contributed by atoms with Gasteiger partial charge in [0.15, 0.2) is 0 Å². The molecule has 0 fully saturated rings. The minimum atomic E-state index is 0.657. The summed E-state index contributed by atoms with van der Waals surface area (Å²) >= 11 is 1.82. The zero-order chi connectivity index (χ0) is 34.3. The van der Waals surface area contributed by atoms with Gasteiger partial charge >= 0.3 is 0 Å². The smallest absolute Gasteiger partial charge is 0.0992 e. The van der Waals surface area contributed by atoms with Crippen molar-refractivity contribution in [2.75, 3.05) is 0 Å². The monoisotopic (exact) mass is 676 g/mol. The van der Waals surface area contributed by atoms with E-state index in [2.05, 4.69) is 168 Å². The molecule has 0 radical (unpaired) electrons. The van der Waals surface area contributed by atoms with E-state index in [1.54, 1.807) is 0 Å². The van der Waals surface area contributed by atoms with Crippen molar-refractivity contribution in [2.45, 2.75) is 0 Å². The molecule has 3 heteroatoms. The van der Waals surface area contributed by atoms with Crippen LogP contribution in [0.3, 0.4) is 0 Å². The summed E-state index contributed by atoms with van der Waals surface area (Å²) in [7, 11) is 0. The number of hydrogen-bond donors (Lipinski definition) is 0. The van der Waals surface area contributed by atoms with Gasteiger partial charge in [-0.2, -0.15) is 5.26 Å². The molecule has 3 heterocycles. The number of aromatic nitrogens is 1. The van der Waals surface area contributed by atoms with Crippen LogP contribution in [0.15, 0.2) is 170 Å². The lowest BCUT2D eigenvalue weighted by Gasteiger charge is -2.11. The largest absolute Gasteiger partial charge is 0.308 e. The summed E-state index contributed by atoms with van der Waals surface area (Å²) in [5.41, 5.74) is 13.5. The molecule has 0 aliphatic rings. The second-order valence-corrected chi connectivity index (χ2v) is 14.7. The van der Waals surface area contributed by atoms with Crippen LogP contribution < -0.4 is 0 Å². The Balaban J connectivity index is 1.03. The Labute approximate surface area is 304 Å². The van der Waals surface area contributed by atoms with Gasteiger partial charge in [-0.1, -0.05) is 109 Å². The second kappa shape index (κ2) is 11.1. The number of hydrogen-bond acceptors (Lipinski definition) is 2. The highest BCUT2D eigenvalue weighted by Crippen LogP contribution is 2.43. The molecular weight excluding hydrogens is 649 g/mol. The van der Waals surface area contributed by atoms with Gasteiger partial charge in [0.1, 0.15) is 0 Å². The molecule has 0 bridgehead atoms. The van der Waals surface area contributed by atoms with Crippen LogP contribution in [0.1, 0.15) is 5.56 Å². The second-order valence-electron chi connectivity index (χ2n) is 13.6. The number of fused-ring (bicyclic) bond motifs is 9. The minimum absolute atomic E-state index is 0.657. The van der Waals surface area contributed by atoms with E-state index in [1.807, 2.05) is 23.5 Å². The van der Waals surface area contributed by atoms with E-state index in [0.717, 1.165) is 33.4 Å². The first-order valence-corrected chi connectivity index (χ1v) is 18.4. The third-order valence-electron chi connectivity index (χ3n) is 10.7. The maximum Gasteiger partial charge on any atom is 0.0992 e. The van der Waals surface area contributed by atoms with Crippen LogP contribution in [0, 0.1) is 11.3 Å². The summed E-state index contributed by atoms with van der Waals surface area (Å²) in [6.07, 6.45) is 0. The molecule has 0 aliphatic carbocycles. The van der Waals surface area contributed by atoms with Gasteiger partial charge in [-0.25, -0.2) is 0 Å². The average Bonchev–Trinajstić information content (AvgIpc) is 3.88. The van der Waals surface area contributed by atoms with Crippen LogP contribution >= 0.6 is 11.3 Å². The summed E-state index contributed by atoms with van der Waals surface area (Å²) in [6, 6.07) is 63.6. The summed E-state index contributed by atoms with van der Waals surface area (Å²) < 4.78 is 4.95. The molecule has 0 unspecified atom stereocenters. The predicted molar refractivity (Wildman–Crippen MR) is 220 cm³/mol. The molecule has 0 saturated carbocycles. The van der Waals surface area contributed by atoms with E-state index < -0.39 is 0 Å². The fraction of sp³-hybridized carbons (Fsp3) is 0. The van der Waals surface area contributed by atoms with Crippen LogP contribution in [0.4, 0.5) is 0 Å². The first kappa shape index (κ1) is 29.0. The third-order valence-corrected chi connectivity index (χ3v) is 11.9. The summed E-state index contributed by atoms with van der Waals surface area (Å²) in [5.74, 6) is 0. The highest BCUT2D eigenvalue weighted by molar-refractivity contribution is 7.26. The van der Waals surface area contributed by atoms with Crippen LogP contribution in [0.25, 0.3) is 103 Å². The lowest BCUT2D eigenvalue weighted by molar-refractivity contribution is 1.37. The zero-order valence-corrected chi connectivity index (χ0v) is 28.8. The van der Waals surface area contributed by atoms with Crippen LogP contribution in [0.2, 0.25) is 0 Å².